The van der Waals surface area contributed by atoms with Crippen LogP contribution in [-0.4, -0.2) is 30.9 Å². The molecule has 114 valence electrons. The zero-order valence-electron chi connectivity index (χ0n) is 12.0. The smallest absolute Gasteiger partial charge is 0.241 e. The van der Waals surface area contributed by atoms with Crippen LogP contribution in [0.1, 0.15) is 25.7 Å². The molecule has 1 heterocycles. The van der Waals surface area contributed by atoms with Gasteiger partial charge in [0.15, 0.2) is 0 Å². The van der Waals surface area contributed by atoms with Gasteiger partial charge in [-0.1, -0.05) is 12.1 Å². The molecule has 6 nitrogen and oxygen atoms in total. The molecule has 1 unspecified atom stereocenters. The number of amides is 2. The van der Waals surface area contributed by atoms with Crippen molar-refractivity contribution in [2.45, 2.75) is 31.7 Å². The number of carbonyl (C=O) groups excluding carboxylic acids is 2. The second kappa shape index (κ2) is 7.08. The number of hydrogen-bond donors (Lipinski definition) is 3. The summed E-state index contributed by atoms with van der Waals surface area (Å²) in [4.78, 5) is 25.1. The highest BCUT2D eigenvalue weighted by Crippen LogP contribution is 2.28. The quantitative estimate of drug-likeness (QED) is 0.747. The fourth-order valence-electron chi connectivity index (χ4n) is 2.52. The normalized spacial score (nSPS) is 16.3. The molecule has 0 bridgehead atoms. The molecule has 2 amide bonds. The number of nitrogens with two attached hydrogens (primary N) is 2. The summed E-state index contributed by atoms with van der Waals surface area (Å²) in [6, 6.07) is 6.72. The summed E-state index contributed by atoms with van der Waals surface area (Å²) in [5.74, 6) is -0.972. The number of benzene rings is 1. The van der Waals surface area contributed by atoms with Crippen LogP contribution < -0.4 is 21.7 Å². The van der Waals surface area contributed by atoms with E-state index in [0.29, 0.717) is 0 Å². The van der Waals surface area contributed by atoms with Gasteiger partial charge in [-0.3, -0.25) is 9.59 Å². The predicted octanol–water partition coefficient (Wildman–Crippen LogP) is 0.818. The average Bonchev–Trinajstić information content (AvgIpc) is 2.48. The second-order valence-electron chi connectivity index (χ2n) is 5.33. The van der Waals surface area contributed by atoms with Crippen LogP contribution in [-0.2, 0) is 9.59 Å². The highest BCUT2D eigenvalue weighted by atomic mass is 16.2. The number of nitrogens with one attached hydrogen (secondary N) is 1. The molecular weight excluding hydrogens is 268 g/mol. The largest absolute Gasteiger partial charge is 0.370 e. The Kier molecular flexibility index (Phi) is 5.16. The van der Waals surface area contributed by atoms with Gasteiger partial charge in [-0.2, -0.15) is 0 Å². The predicted molar refractivity (Wildman–Crippen MR) is 82.9 cm³/mol. The zero-order chi connectivity index (χ0) is 15.2. The Labute approximate surface area is 124 Å². The molecule has 1 fully saturated rings. The standard InChI is InChI=1S/C15H22N4O2/c16-11(10-14(17)20)15(21)18-12-6-2-3-7-13(12)19-8-4-1-5-9-19/h2-3,6-7,11H,1,4-5,8-10,16H2,(H2,17,20)(H,18,21). The van der Waals surface area contributed by atoms with E-state index in [1.807, 2.05) is 24.3 Å². The first-order chi connectivity index (χ1) is 10.1. The highest BCUT2D eigenvalue weighted by molar-refractivity contribution is 5.99. The van der Waals surface area contributed by atoms with Gasteiger partial charge in [0, 0.05) is 13.1 Å². The number of nitrogens with zero attached hydrogens (tertiary/aromatic N) is 1. The minimum absolute atomic E-state index is 0.155. The maximum atomic E-state index is 12.0. The van der Waals surface area contributed by atoms with E-state index in [2.05, 4.69) is 10.2 Å². The lowest BCUT2D eigenvalue weighted by Crippen LogP contribution is -2.39. The van der Waals surface area contributed by atoms with Crippen molar-refractivity contribution in [1.82, 2.24) is 0 Å². The van der Waals surface area contributed by atoms with Gasteiger partial charge in [-0.15, -0.1) is 0 Å². The third-order valence-electron chi connectivity index (χ3n) is 3.62. The summed E-state index contributed by atoms with van der Waals surface area (Å²) in [7, 11) is 0. The van der Waals surface area contributed by atoms with E-state index in [1.54, 1.807) is 0 Å². The first-order valence-electron chi connectivity index (χ1n) is 7.26. The molecule has 0 spiro atoms. The topological polar surface area (TPSA) is 101 Å². The summed E-state index contributed by atoms with van der Waals surface area (Å²) in [6.07, 6.45) is 3.40. The fraction of sp³-hybridized carbons (Fsp3) is 0.467. The van der Waals surface area contributed by atoms with E-state index < -0.39 is 17.9 Å². The zero-order valence-corrected chi connectivity index (χ0v) is 12.0. The molecule has 0 saturated carbocycles. The molecule has 0 aliphatic carbocycles. The van der Waals surface area contributed by atoms with Crippen LogP contribution in [0.5, 0.6) is 0 Å². The van der Waals surface area contributed by atoms with Crippen molar-refractivity contribution in [1.29, 1.82) is 0 Å². The first-order valence-corrected chi connectivity index (χ1v) is 7.26. The summed E-state index contributed by atoms with van der Waals surface area (Å²) in [5.41, 5.74) is 12.5. The Balaban J connectivity index is 2.09. The molecule has 1 aliphatic heterocycles. The molecule has 1 atom stereocenters. The molecule has 1 saturated heterocycles. The molecule has 1 aromatic carbocycles. The Bertz CT molecular complexity index is 512. The van der Waals surface area contributed by atoms with Crippen LogP contribution >= 0.6 is 0 Å². The summed E-state index contributed by atoms with van der Waals surface area (Å²) in [6.45, 7) is 1.97. The lowest BCUT2D eigenvalue weighted by atomic mass is 10.1. The molecule has 1 aromatic rings. The maximum absolute atomic E-state index is 12.0. The second-order valence-corrected chi connectivity index (χ2v) is 5.33. The van der Waals surface area contributed by atoms with Crippen molar-refractivity contribution >= 4 is 23.2 Å². The van der Waals surface area contributed by atoms with Crippen molar-refractivity contribution in [3.63, 3.8) is 0 Å². The van der Waals surface area contributed by atoms with Gasteiger partial charge < -0.3 is 21.7 Å². The number of hydrogen-bond acceptors (Lipinski definition) is 4. The number of rotatable bonds is 5. The third-order valence-corrected chi connectivity index (χ3v) is 3.62. The molecule has 2 rings (SSSR count). The minimum Gasteiger partial charge on any atom is -0.370 e. The number of piperidine rings is 1. The number of primary amides is 1. The highest BCUT2D eigenvalue weighted by Gasteiger charge is 2.19. The van der Waals surface area contributed by atoms with E-state index in [4.69, 9.17) is 11.5 Å². The average molecular weight is 290 g/mol. The van der Waals surface area contributed by atoms with Gasteiger partial charge in [0.1, 0.15) is 0 Å². The van der Waals surface area contributed by atoms with E-state index in [9.17, 15) is 9.59 Å². The Morgan fingerprint density at radius 2 is 1.86 bits per heavy atom. The van der Waals surface area contributed by atoms with Gasteiger partial charge in [0.2, 0.25) is 11.8 Å². The number of carbonyl (C=O) groups is 2. The van der Waals surface area contributed by atoms with E-state index in [0.717, 1.165) is 37.3 Å². The minimum atomic E-state index is -0.920. The van der Waals surface area contributed by atoms with Crippen LogP contribution in [0.25, 0.3) is 0 Å². The van der Waals surface area contributed by atoms with Gasteiger partial charge >= 0.3 is 0 Å². The van der Waals surface area contributed by atoms with Gasteiger partial charge in [-0.25, -0.2) is 0 Å². The van der Waals surface area contributed by atoms with Crippen LogP contribution in [0.3, 0.4) is 0 Å². The maximum Gasteiger partial charge on any atom is 0.241 e. The van der Waals surface area contributed by atoms with Gasteiger partial charge in [0.05, 0.1) is 23.8 Å². The van der Waals surface area contributed by atoms with Crippen molar-refractivity contribution in [2.75, 3.05) is 23.3 Å². The molecule has 6 heteroatoms. The van der Waals surface area contributed by atoms with Crippen molar-refractivity contribution in [2.24, 2.45) is 11.5 Å². The SMILES string of the molecule is NC(=O)CC(N)C(=O)Nc1ccccc1N1CCCCC1. The molecule has 21 heavy (non-hydrogen) atoms. The first kappa shape index (κ1) is 15.3. The van der Waals surface area contributed by atoms with Crippen LogP contribution in [0.2, 0.25) is 0 Å². The molecule has 0 radical (unpaired) electrons. The molecule has 5 N–H and O–H groups in total. The van der Waals surface area contributed by atoms with E-state index >= 15 is 0 Å². The van der Waals surface area contributed by atoms with Crippen LogP contribution in [0.4, 0.5) is 11.4 Å². The summed E-state index contributed by atoms with van der Waals surface area (Å²) < 4.78 is 0. The third kappa shape index (κ3) is 4.19. The molecular formula is C15H22N4O2. The number of para-hydroxylation sites is 2. The summed E-state index contributed by atoms with van der Waals surface area (Å²) >= 11 is 0. The van der Waals surface area contributed by atoms with E-state index in [1.165, 1.54) is 6.42 Å². The Morgan fingerprint density at radius 1 is 1.19 bits per heavy atom. The van der Waals surface area contributed by atoms with E-state index in [-0.39, 0.29) is 6.42 Å². The van der Waals surface area contributed by atoms with Gasteiger partial charge in [0.25, 0.3) is 0 Å². The molecule has 1 aliphatic rings. The monoisotopic (exact) mass is 290 g/mol. The molecule has 0 aromatic heterocycles. The van der Waals surface area contributed by atoms with Crippen molar-refractivity contribution in [3.05, 3.63) is 24.3 Å². The Morgan fingerprint density at radius 3 is 2.52 bits per heavy atom. The lowest BCUT2D eigenvalue weighted by molar-refractivity contribution is -0.123. The van der Waals surface area contributed by atoms with Gasteiger partial charge in [-0.05, 0) is 31.4 Å². The van der Waals surface area contributed by atoms with Crippen molar-refractivity contribution < 1.29 is 9.59 Å². The summed E-state index contributed by atoms with van der Waals surface area (Å²) in [5, 5.41) is 2.80. The van der Waals surface area contributed by atoms with Crippen molar-refractivity contribution in [3.8, 4) is 0 Å². The number of anilines is 2. The fourth-order valence-corrected chi connectivity index (χ4v) is 2.52. The lowest BCUT2D eigenvalue weighted by Gasteiger charge is -2.30. The van der Waals surface area contributed by atoms with Crippen LogP contribution in [0, 0.1) is 0 Å². The van der Waals surface area contributed by atoms with Crippen LogP contribution in [0.15, 0.2) is 24.3 Å². The Hall–Kier alpha value is -2.08.